The molecule has 0 radical (unpaired) electrons. The Morgan fingerprint density at radius 2 is 2.18 bits per heavy atom. The van der Waals surface area contributed by atoms with Gasteiger partial charge < -0.3 is 15.0 Å². The molecule has 17 heavy (non-hydrogen) atoms. The molecule has 1 aromatic rings. The molecule has 0 saturated carbocycles. The Morgan fingerprint density at radius 3 is 2.65 bits per heavy atom. The summed E-state index contributed by atoms with van der Waals surface area (Å²) in [7, 11) is 1.87. The number of carboxylic acid groups (broad SMARTS) is 1. The highest BCUT2D eigenvalue weighted by Gasteiger charge is 2.35. The normalized spacial score (nSPS) is 11.2. The van der Waals surface area contributed by atoms with Crippen molar-refractivity contribution in [2.75, 3.05) is 6.54 Å². The van der Waals surface area contributed by atoms with Gasteiger partial charge in [0.1, 0.15) is 11.2 Å². The summed E-state index contributed by atoms with van der Waals surface area (Å²) >= 11 is 0. The lowest BCUT2D eigenvalue weighted by molar-refractivity contribution is -0.153. The van der Waals surface area contributed by atoms with Gasteiger partial charge in [-0.25, -0.2) is 4.98 Å². The molecule has 6 heteroatoms. The van der Waals surface area contributed by atoms with Gasteiger partial charge in [0.2, 0.25) is 5.91 Å². The first-order chi connectivity index (χ1) is 7.85. The van der Waals surface area contributed by atoms with Crippen LogP contribution < -0.4 is 5.32 Å². The van der Waals surface area contributed by atoms with Crippen molar-refractivity contribution >= 4 is 11.9 Å². The molecule has 0 fully saturated rings. The van der Waals surface area contributed by atoms with Crippen molar-refractivity contribution in [3.8, 4) is 0 Å². The van der Waals surface area contributed by atoms with E-state index in [4.69, 9.17) is 5.11 Å². The van der Waals surface area contributed by atoms with E-state index in [1.165, 1.54) is 13.8 Å². The molecule has 0 saturated heterocycles. The number of imidazole rings is 1. The van der Waals surface area contributed by atoms with E-state index in [1.807, 2.05) is 17.8 Å². The van der Waals surface area contributed by atoms with Crippen LogP contribution in [0.3, 0.4) is 0 Å². The van der Waals surface area contributed by atoms with Crippen LogP contribution in [0.25, 0.3) is 0 Å². The zero-order chi connectivity index (χ0) is 13.1. The molecular weight excluding hydrogens is 222 g/mol. The summed E-state index contributed by atoms with van der Waals surface area (Å²) in [6, 6.07) is 0. The number of aromatic nitrogens is 2. The minimum absolute atomic E-state index is 0.375. The Bertz CT molecular complexity index is 423. The van der Waals surface area contributed by atoms with Crippen LogP contribution in [0.1, 0.15) is 19.7 Å². The largest absolute Gasteiger partial charge is 0.480 e. The first kappa shape index (κ1) is 13.2. The molecule has 0 atom stereocenters. The molecule has 1 heterocycles. The highest BCUT2D eigenvalue weighted by molar-refractivity contribution is 6.00. The predicted octanol–water partition coefficient (Wildman–Crippen LogP) is 0.190. The number of hydrogen-bond donors (Lipinski definition) is 2. The average molecular weight is 239 g/mol. The van der Waals surface area contributed by atoms with Crippen molar-refractivity contribution < 1.29 is 14.7 Å². The standard InChI is InChI=1S/C11H17N3O3/c1-11(2,10(16)17)9(15)13-5-4-8-12-6-7-14(8)3/h6-7H,4-5H2,1-3H3,(H,13,15)(H,16,17). The van der Waals surface area contributed by atoms with Crippen LogP contribution >= 0.6 is 0 Å². The summed E-state index contributed by atoms with van der Waals surface area (Å²) < 4.78 is 1.86. The average Bonchev–Trinajstić information content (AvgIpc) is 2.64. The molecule has 0 aromatic carbocycles. The van der Waals surface area contributed by atoms with Crippen LogP contribution in [0, 0.1) is 5.41 Å². The monoisotopic (exact) mass is 239 g/mol. The smallest absolute Gasteiger partial charge is 0.318 e. The number of aryl methyl sites for hydroxylation is 1. The highest BCUT2D eigenvalue weighted by Crippen LogP contribution is 2.14. The van der Waals surface area contributed by atoms with Crippen LogP contribution in [0.5, 0.6) is 0 Å². The summed E-state index contributed by atoms with van der Waals surface area (Å²) in [5, 5.41) is 11.5. The minimum atomic E-state index is -1.40. The van der Waals surface area contributed by atoms with Crippen LogP contribution in [-0.4, -0.2) is 33.1 Å². The van der Waals surface area contributed by atoms with Gasteiger partial charge in [0, 0.05) is 32.4 Å². The van der Waals surface area contributed by atoms with Crippen molar-refractivity contribution in [2.45, 2.75) is 20.3 Å². The van der Waals surface area contributed by atoms with Crippen molar-refractivity contribution in [3.63, 3.8) is 0 Å². The van der Waals surface area contributed by atoms with Gasteiger partial charge in [-0.3, -0.25) is 9.59 Å². The molecule has 0 unspecified atom stereocenters. The first-order valence-corrected chi connectivity index (χ1v) is 5.33. The lowest BCUT2D eigenvalue weighted by atomic mass is 9.93. The Hall–Kier alpha value is -1.85. The fourth-order valence-electron chi connectivity index (χ4n) is 1.24. The maximum atomic E-state index is 11.6. The van der Waals surface area contributed by atoms with Gasteiger partial charge in [-0.1, -0.05) is 0 Å². The second kappa shape index (κ2) is 4.99. The summed E-state index contributed by atoms with van der Waals surface area (Å²) in [4.78, 5) is 26.5. The maximum absolute atomic E-state index is 11.6. The topological polar surface area (TPSA) is 84.2 Å². The first-order valence-electron chi connectivity index (χ1n) is 5.33. The number of nitrogens with zero attached hydrogens (tertiary/aromatic N) is 2. The third-order valence-electron chi connectivity index (χ3n) is 2.66. The Morgan fingerprint density at radius 1 is 1.53 bits per heavy atom. The third-order valence-corrected chi connectivity index (χ3v) is 2.66. The zero-order valence-corrected chi connectivity index (χ0v) is 10.2. The molecule has 2 N–H and O–H groups in total. The number of hydrogen-bond acceptors (Lipinski definition) is 3. The van der Waals surface area contributed by atoms with E-state index in [0.717, 1.165) is 5.82 Å². The van der Waals surface area contributed by atoms with Crippen LogP contribution in [0.2, 0.25) is 0 Å². The summed E-state index contributed by atoms with van der Waals surface area (Å²) in [6.07, 6.45) is 4.07. The summed E-state index contributed by atoms with van der Waals surface area (Å²) in [5.74, 6) is -0.773. The van der Waals surface area contributed by atoms with E-state index < -0.39 is 17.3 Å². The molecule has 1 aromatic heterocycles. The van der Waals surface area contributed by atoms with Gasteiger partial charge in [0.25, 0.3) is 0 Å². The lowest BCUT2D eigenvalue weighted by Crippen LogP contribution is -2.43. The van der Waals surface area contributed by atoms with Gasteiger partial charge in [-0.2, -0.15) is 0 Å². The van der Waals surface area contributed by atoms with Gasteiger partial charge in [0.15, 0.2) is 0 Å². The Labute approximate surface area is 99.7 Å². The summed E-state index contributed by atoms with van der Waals surface area (Å²) in [5.41, 5.74) is -1.40. The second-order valence-electron chi connectivity index (χ2n) is 4.39. The number of aliphatic carboxylic acids is 1. The Kier molecular flexibility index (Phi) is 3.88. The van der Waals surface area contributed by atoms with Crippen LogP contribution in [0.4, 0.5) is 0 Å². The molecule has 0 spiro atoms. The van der Waals surface area contributed by atoms with Gasteiger partial charge in [-0.15, -0.1) is 0 Å². The Balaban J connectivity index is 2.45. The van der Waals surface area contributed by atoms with E-state index in [-0.39, 0.29) is 0 Å². The molecule has 0 aliphatic carbocycles. The molecular formula is C11H17N3O3. The van der Waals surface area contributed by atoms with E-state index in [0.29, 0.717) is 13.0 Å². The number of carbonyl (C=O) groups is 2. The molecule has 0 bridgehead atoms. The fraction of sp³-hybridized carbons (Fsp3) is 0.545. The number of rotatable bonds is 5. The fourth-order valence-corrected chi connectivity index (χ4v) is 1.24. The number of carboxylic acids is 1. The number of amides is 1. The van der Waals surface area contributed by atoms with Gasteiger partial charge >= 0.3 is 5.97 Å². The van der Waals surface area contributed by atoms with E-state index in [1.54, 1.807) is 6.20 Å². The highest BCUT2D eigenvalue weighted by atomic mass is 16.4. The van der Waals surface area contributed by atoms with Crippen molar-refractivity contribution in [2.24, 2.45) is 12.5 Å². The number of nitrogens with one attached hydrogen (secondary N) is 1. The molecule has 94 valence electrons. The quantitative estimate of drug-likeness (QED) is 0.718. The van der Waals surface area contributed by atoms with Crippen molar-refractivity contribution in [1.82, 2.24) is 14.9 Å². The number of carbonyl (C=O) groups excluding carboxylic acids is 1. The predicted molar refractivity (Wildman–Crippen MR) is 61.3 cm³/mol. The third kappa shape index (κ3) is 3.05. The SMILES string of the molecule is Cn1ccnc1CCNC(=O)C(C)(C)C(=O)O. The van der Waals surface area contributed by atoms with Crippen LogP contribution in [0.15, 0.2) is 12.4 Å². The minimum Gasteiger partial charge on any atom is -0.480 e. The zero-order valence-electron chi connectivity index (χ0n) is 10.2. The molecule has 1 amide bonds. The molecule has 0 aliphatic heterocycles. The van der Waals surface area contributed by atoms with Crippen molar-refractivity contribution in [1.29, 1.82) is 0 Å². The molecule has 6 nitrogen and oxygen atoms in total. The lowest BCUT2D eigenvalue weighted by Gasteiger charge is -2.18. The van der Waals surface area contributed by atoms with Crippen LogP contribution in [-0.2, 0) is 23.1 Å². The van der Waals surface area contributed by atoms with E-state index in [2.05, 4.69) is 10.3 Å². The maximum Gasteiger partial charge on any atom is 0.318 e. The van der Waals surface area contributed by atoms with Gasteiger partial charge in [0.05, 0.1) is 0 Å². The molecule has 0 aliphatic rings. The second-order valence-corrected chi connectivity index (χ2v) is 4.39. The van der Waals surface area contributed by atoms with E-state index >= 15 is 0 Å². The molecule has 1 rings (SSSR count). The summed E-state index contributed by atoms with van der Waals surface area (Å²) in [6.45, 7) is 3.14. The van der Waals surface area contributed by atoms with E-state index in [9.17, 15) is 9.59 Å². The van der Waals surface area contributed by atoms with Gasteiger partial charge in [-0.05, 0) is 13.8 Å². The van der Waals surface area contributed by atoms with Crippen molar-refractivity contribution in [3.05, 3.63) is 18.2 Å².